The lowest BCUT2D eigenvalue weighted by molar-refractivity contribution is 0.669. The third-order valence-electron chi connectivity index (χ3n) is 13.0. The first-order chi connectivity index (χ1) is 32.2. The fourth-order valence-corrected chi connectivity index (χ4v) is 11.1. The third kappa shape index (κ3) is 6.35. The van der Waals surface area contributed by atoms with Crippen molar-refractivity contribution in [3.63, 3.8) is 0 Å². The number of benzene rings is 9. The van der Waals surface area contributed by atoms with Crippen LogP contribution in [0.25, 0.3) is 80.7 Å². The Hall–Kier alpha value is -8.12. The lowest BCUT2D eigenvalue weighted by Crippen LogP contribution is -2.17. The Bertz CT molecular complexity index is 3840. The van der Waals surface area contributed by atoms with E-state index in [0.29, 0.717) is 0 Å². The molecule has 1 aliphatic rings. The Morgan fingerprint density at radius 2 is 1.09 bits per heavy atom. The van der Waals surface area contributed by atoms with Crippen LogP contribution < -0.4 is 9.80 Å². The van der Waals surface area contributed by atoms with E-state index in [2.05, 4.69) is 227 Å². The van der Waals surface area contributed by atoms with E-state index in [0.717, 1.165) is 80.0 Å². The van der Waals surface area contributed by atoms with Gasteiger partial charge in [0.1, 0.15) is 11.2 Å². The molecule has 0 saturated carbocycles. The fraction of sp³-hybridized carbons (Fsp3) is 0.0333. The summed E-state index contributed by atoms with van der Waals surface area (Å²) in [7, 11) is 0. The van der Waals surface area contributed by atoms with Gasteiger partial charge in [0.05, 0.1) is 11.0 Å². The number of para-hydroxylation sites is 3. The average Bonchev–Trinajstić information content (AvgIpc) is 4.03. The van der Waals surface area contributed by atoms with Gasteiger partial charge in [-0.2, -0.15) is 0 Å². The van der Waals surface area contributed by atoms with Gasteiger partial charge in [0, 0.05) is 87.6 Å². The minimum absolute atomic E-state index is 0.874. The van der Waals surface area contributed by atoms with Gasteiger partial charge in [0.15, 0.2) is 0 Å². The predicted molar refractivity (Wildman–Crippen MR) is 276 cm³/mol. The largest absolute Gasteiger partial charge is 0.456 e. The van der Waals surface area contributed by atoms with Crippen molar-refractivity contribution in [1.29, 1.82) is 0 Å². The summed E-state index contributed by atoms with van der Waals surface area (Å²) in [5.74, 6) is 0. The molecular weight excluding hydrogens is 811 g/mol. The van der Waals surface area contributed by atoms with E-state index in [1.54, 1.807) is 0 Å². The molecule has 0 atom stereocenters. The average molecular weight is 852 g/mol. The molecule has 3 aromatic heterocycles. The smallest absolute Gasteiger partial charge is 0.137 e. The SMILES string of the molecule is C1=CCCC(N(c2ccc(-c3cccc(N(c4ccccc4)c4ccc5c(c4)oc4ccccc45)c3)cc2)c2ccc3c(c2)c2cc4c(cc2n3-c2ccccc2)sc2ccccc24)=C1. The van der Waals surface area contributed by atoms with Gasteiger partial charge in [0.25, 0.3) is 0 Å². The Labute approximate surface area is 380 Å². The molecule has 0 spiro atoms. The molecule has 1 aliphatic carbocycles. The monoisotopic (exact) mass is 851 g/mol. The molecule has 0 amide bonds. The number of thiophene rings is 1. The summed E-state index contributed by atoms with van der Waals surface area (Å²) < 4.78 is 11.4. The summed E-state index contributed by atoms with van der Waals surface area (Å²) in [4.78, 5) is 4.77. The zero-order chi connectivity index (χ0) is 42.8. The molecule has 0 fully saturated rings. The van der Waals surface area contributed by atoms with Crippen molar-refractivity contribution < 1.29 is 4.42 Å². The molecule has 0 unspecified atom stereocenters. The summed E-state index contributed by atoms with van der Waals surface area (Å²) in [6.07, 6.45) is 8.71. The molecule has 65 heavy (non-hydrogen) atoms. The second kappa shape index (κ2) is 15.3. The van der Waals surface area contributed by atoms with E-state index in [4.69, 9.17) is 4.42 Å². The van der Waals surface area contributed by atoms with Crippen LogP contribution in [0.5, 0.6) is 0 Å². The molecule has 13 rings (SSSR count). The van der Waals surface area contributed by atoms with Crippen molar-refractivity contribution in [2.75, 3.05) is 9.80 Å². The van der Waals surface area contributed by atoms with Crippen molar-refractivity contribution in [2.24, 2.45) is 0 Å². The highest BCUT2D eigenvalue weighted by atomic mass is 32.1. The van der Waals surface area contributed by atoms with E-state index in [-0.39, 0.29) is 0 Å². The van der Waals surface area contributed by atoms with Gasteiger partial charge in [-0.05, 0) is 133 Å². The minimum Gasteiger partial charge on any atom is -0.456 e. The van der Waals surface area contributed by atoms with Crippen molar-refractivity contribution in [3.8, 4) is 16.8 Å². The summed E-state index contributed by atoms with van der Waals surface area (Å²) in [5, 5.41) is 7.38. The second-order valence-corrected chi connectivity index (χ2v) is 17.9. The fourth-order valence-electron chi connectivity index (χ4n) is 9.98. The number of aromatic nitrogens is 1. The first-order valence-electron chi connectivity index (χ1n) is 22.3. The first-order valence-corrected chi connectivity index (χ1v) is 23.1. The molecule has 0 radical (unpaired) electrons. The van der Waals surface area contributed by atoms with E-state index >= 15 is 0 Å². The molecule has 12 aromatic rings. The van der Waals surface area contributed by atoms with Gasteiger partial charge in [-0.25, -0.2) is 0 Å². The highest BCUT2D eigenvalue weighted by Crippen LogP contribution is 2.44. The van der Waals surface area contributed by atoms with Gasteiger partial charge in [0.2, 0.25) is 0 Å². The number of rotatable bonds is 8. The summed E-state index contributed by atoms with van der Waals surface area (Å²) >= 11 is 1.87. The van der Waals surface area contributed by atoms with Crippen LogP contribution in [0, 0.1) is 0 Å². The van der Waals surface area contributed by atoms with Gasteiger partial charge in [-0.15, -0.1) is 11.3 Å². The number of hydrogen-bond donors (Lipinski definition) is 0. The van der Waals surface area contributed by atoms with Crippen molar-refractivity contribution >= 4 is 104 Å². The molecule has 4 nitrogen and oxygen atoms in total. The summed E-state index contributed by atoms with van der Waals surface area (Å²) in [6, 6.07) is 74.8. The first kappa shape index (κ1) is 37.4. The van der Waals surface area contributed by atoms with Crippen LogP contribution in [0.3, 0.4) is 0 Å². The Kier molecular flexibility index (Phi) is 8.81. The van der Waals surface area contributed by atoms with Crippen LogP contribution in [0.1, 0.15) is 12.8 Å². The number of allylic oxidation sites excluding steroid dienone is 4. The Morgan fingerprint density at radius 1 is 0.415 bits per heavy atom. The number of furan rings is 1. The molecular formula is C60H41N3OS. The highest BCUT2D eigenvalue weighted by Gasteiger charge is 2.21. The molecule has 308 valence electrons. The van der Waals surface area contributed by atoms with Gasteiger partial charge >= 0.3 is 0 Å². The van der Waals surface area contributed by atoms with E-state index in [1.807, 2.05) is 23.5 Å². The highest BCUT2D eigenvalue weighted by molar-refractivity contribution is 7.25. The van der Waals surface area contributed by atoms with Crippen molar-refractivity contribution in [3.05, 3.63) is 230 Å². The summed E-state index contributed by atoms with van der Waals surface area (Å²) in [6.45, 7) is 0. The van der Waals surface area contributed by atoms with E-state index in [1.165, 1.54) is 47.7 Å². The maximum Gasteiger partial charge on any atom is 0.137 e. The maximum absolute atomic E-state index is 6.36. The quantitative estimate of drug-likeness (QED) is 0.152. The van der Waals surface area contributed by atoms with Crippen LogP contribution in [-0.4, -0.2) is 4.57 Å². The van der Waals surface area contributed by atoms with Gasteiger partial charge in [-0.3, -0.25) is 0 Å². The van der Waals surface area contributed by atoms with E-state index in [9.17, 15) is 0 Å². The lowest BCUT2D eigenvalue weighted by Gasteiger charge is -2.29. The number of hydrogen-bond acceptors (Lipinski definition) is 4. The molecule has 0 aliphatic heterocycles. The molecule has 3 heterocycles. The van der Waals surface area contributed by atoms with Crippen LogP contribution in [-0.2, 0) is 0 Å². The van der Waals surface area contributed by atoms with Crippen LogP contribution in [0.15, 0.2) is 235 Å². The van der Waals surface area contributed by atoms with Crippen molar-refractivity contribution in [2.45, 2.75) is 12.8 Å². The molecule has 5 heteroatoms. The van der Waals surface area contributed by atoms with Crippen LogP contribution in [0.4, 0.5) is 28.4 Å². The van der Waals surface area contributed by atoms with Crippen LogP contribution >= 0.6 is 11.3 Å². The Morgan fingerprint density at radius 3 is 1.94 bits per heavy atom. The molecule has 9 aromatic carbocycles. The van der Waals surface area contributed by atoms with Gasteiger partial charge in [-0.1, -0.05) is 109 Å². The molecule has 0 bridgehead atoms. The molecule has 0 N–H and O–H groups in total. The van der Waals surface area contributed by atoms with Crippen LogP contribution in [0.2, 0.25) is 0 Å². The standard InChI is InChI=1S/C60H41N3OS/c1-4-16-42(17-5-1)61(47-32-34-55-52(36-47)53-38-54-51-24-11-13-26-59(51)65-60(54)39-56(53)63(55)44-20-8-3-9-21-44)45-29-27-40(28-30-45)41-15-14-22-46(35-41)62(43-18-6-2-7-19-43)48-31-33-50-49-23-10-12-25-57(49)64-58(50)37-48/h1-4,6-16,18-39H,5,17H2. The predicted octanol–water partition coefficient (Wildman–Crippen LogP) is 17.6. The topological polar surface area (TPSA) is 24.6 Å². The minimum atomic E-state index is 0.874. The lowest BCUT2D eigenvalue weighted by atomic mass is 10.0. The third-order valence-corrected chi connectivity index (χ3v) is 14.1. The maximum atomic E-state index is 6.36. The number of fused-ring (bicyclic) bond motifs is 9. The summed E-state index contributed by atoms with van der Waals surface area (Å²) in [5.41, 5.74) is 14.4. The number of nitrogens with zero attached hydrogens (tertiary/aromatic N) is 3. The zero-order valence-electron chi connectivity index (χ0n) is 35.4. The number of anilines is 5. The Balaban J connectivity index is 0.910. The van der Waals surface area contributed by atoms with Crippen molar-refractivity contribution in [1.82, 2.24) is 4.57 Å². The van der Waals surface area contributed by atoms with E-state index < -0.39 is 0 Å². The van der Waals surface area contributed by atoms with Gasteiger partial charge < -0.3 is 18.8 Å². The molecule has 0 saturated heterocycles. The normalized spacial score (nSPS) is 12.8. The second-order valence-electron chi connectivity index (χ2n) is 16.8. The zero-order valence-corrected chi connectivity index (χ0v) is 36.3.